The van der Waals surface area contributed by atoms with Crippen LogP contribution in [0.25, 0.3) is 0 Å². The molecule has 0 aliphatic rings. The molecule has 0 atom stereocenters. The normalized spacial score (nSPS) is 10.3. The molecule has 112 valence electrons. The van der Waals surface area contributed by atoms with Crippen LogP contribution in [-0.2, 0) is 0 Å². The summed E-state index contributed by atoms with van der Waals surface area (Å²) in [7, 11) is 3.91. The Kier molecular flexibility index (Phi) is 4.98. The third-order valence-electron chi connectivity index (χ3n) is 2.98. The van der Waals surface area contributed by atoms with E-state index in [0.717, 1.165) is 17.4 Å². The summed E-state index contributed by atoms with van der Waals surface area (Å²) in [6.07, 6.45) is 1.56. The van der Waals surface area contributed by atoms with Gasteiger partial charge in [0.25, 0.3) is 0 Å². The van der Waals surface area contributed by atoms with Crippen molar-refractivity contribution < 1.29 is 4.74 Å². The van der Waals surface area contributed by atoms with Crippen LogP contribution in [0.3, 0.4) is 0 Å². The van der Waals surface area contributed by atoms with Gasteiger partial charge in [0.05, 0.1) is 6.54 Å². The van der Waals surface area contributed by atoms with Crippen molar-refractivity contribution in [1.82, 2.24) is 9.97 Å². The lowest BCUT2D eigenvalue weighted by atomic mass is 10.1. The average molecular weight is 286 g/mol. The van der Waals surface area contributed by atoms with Gasteiger partial charge in [-0.25, -0.2) is 9.97 Å². The molecule has 0 unspecified atom stereocenters. The molecule has 0 aliphatic heterocycles. The molecule has 0 fully saturated rings. The van der Waals surface area contributed by atoms with Gasteiger partial charge in [-0.3, -0.25) is 0 Å². The summed E-state index contributed by atoms with van der Waals surface area (Å²) in [6, 6.07) is 8.13. The van der Waals surface area contributed by atoms with E-state index in [1.54, 1.807) is 6.33 Å². The molecule has 0 bridgehead atoms. The van der Waals surface area contributed by atoms with Crippen molar-refractivity contribution in [1.29, 1.82) is 0 Å². The average Bonchev–Trinajstić information content (AvgIpc) is 2.43. The van der Waals surface area contributed by atoms with E-state index in [4.69, 9.17) is 4.74 Å². The molecule has 1 aromatic heterocycles. The fourth-order valence-electron chi connectivity index (χ4n) is 2.05. The number of nitrogens with zero attached hydrogens (tertiary/aromatic N) is 3. The Hall–Kier alpha value is -2.30. The maximum absolute atomic E-state index is 5.75. The summed E-state index contributed by atoms with van der Waals surface area (Å²) < 4.78 is 5.75. The lowest BCUT2D eigenvalue weighted by Gasteiger charge is -2.13. The monoisotopic (exact) mass is 286 g/mol. The van der Waals surface area contributed by atoms with Crippen LogP contribution in [-0.4, -0.2) is 37.2 Å². The molecule has 0 spiro atoms. The Morgan fingerprint density at radius 1 is 1.05 bits per heavy atom. The third-order valence-corrected chi connectivity index (χ3v) is 2.98. The molecule has 5 nitrogen and oxygen atoms in total. The summed E-state index contributed by atoms with van der Waals surface area (Å²) in [6.45, 7) is 5.42. The van der Waals surface area contributed by atoms with Crippen LogP contribution in [0.1, 0.15) is 11.1 Å². The Labute approximate surface area is 126 Å². The van der Waals surface area contributed by atoms with Crippen molar-refractivity contribution in [3.63, 3.8) is 0 Å². The molecule has 21 heavy (non-hydrogen) atoms. The number of ether oxygens (including phenoxy) is 1. The second-order valence-electron chi connectivity index (χ2n) is 5.25. The highest BCUT2D eigenvalue weighted by atomic mass is 16.5. The van der Waals surface area contributed by atoms with E-state index in [9.17, 15) is 0 Å². The smallest absolute Gasteiger partial charge is 0.133 e. The molecule has 2 rings (SSSR count). The highest BCUT2D eigenvalue weighted by molar-refractivity contribution is 5.47. The van der Waals surface area contributed by atoms with E-state index in [-0.39, 0.29) is 0 Å². The van der Waals surface area contributed by atoms with Crippen LogP contribution in [0, 0.1) is 13.8 Å². The summed E-state index contributed by atoms with van der Waals surface area (Å²) in [5.41, 5.74) is 2.42. The lowest BCUT2D eigenvalue weighted by Crippen LogP contribution is -2.14. The molecule has 0 aliphatic carbocycles. The first-order valence-corrected chi connectivity index (χ1v) is 6.99. The summed E-state index contributed by atoms with van der Waals surface area (Å²) in [5.74, 6) is 2.59. The van der Waals surface area contributed by atoms with Gasteiger partial charge in [-0.1, -0.05) is 6.07 Å². The van der Waals surface area contributed by atoms with Gasteiger partial charge >= 0.3 is 0 Å². The van der Waals surface area contributed by atoms with Gasteiger partial charge < -0.3 is 15.0 Å². The predicted octanol–water partition coefficient (Wildman–Crippen LogP) is 2.65. The molecule has 0 radical (unpaired) electrons. The Morgan fingerprint density at radius 2 is 1.76 bits per heavy atom. The quantitative estimate of drug-likeness (QED) is 0.827. The van der Waals surface area contributed by atoms with Gasteiger partial charge in [-0.2, -0.15) is 0 Å². The zero-order valence-electron chi connectivity index (χ0n) is 13.1. The first-order chi connectivity index (χ1) is 10.0. The molecular formula is C16H22N4O. The molecule has 1 N–H and O–H groups in total. The zero-order valence-corrected chi connectivity index (χ0v) is 13.1. The van der Waals surface area contributed by atoms with Crippen LogP contribution in [0.15, 0.2) is 30.6 Å². The van der Waals surface area contributed by atoms with Crippen LogP contribution in [0.2, 0.25) is 0 Å². The molecule has 1 heterocycles. The first-order valence-electron chi connectivity index (χ1n) is 6.99. The van der Waals surface area contributed by atoms with Gasteiger partial charge in [0.15, 0.2) is 0 Å². The minimum absolute atomic E-state index is 0.587. The van der Waals surface area contributed by atoms with Crippen LogP contribution in [0.4, 0.5) is 11.6 Å². The number of aromatic nitrogens is 2. The number of benzene rings is 1. The van der Waals surface area contributed by atoms with Crippen molar-refractivity contribution in [3.05, 3.63) is 41.7 Å². The van der Waals surface area contributed by atoms with E-state index in [2.05, 4.69) is 35.2 Å². The standard InChI is InChI=1S/C16H22N4O/c1-12-7-13(2)9-14(8-12)21-6-5-17-15-10-16(20(3)4)19-11-18-15/h7-11H,5-6H2,1-4H3,(H,17,18,19). The Bertz CT molecular complexity index is 578. The summed E-state index contributed by atoms with van der Waals surface area (Å²) in [5, 5.41) is 3.24. The van der Waals surface area contributed by atoms with Gasteiger partial charge in [0.2, 0.25) is 0 Å². The van der Waals surface area contributed by atoms with Crippen LogP contribution >= 0.6 is 0 Å². The van der Waals surface area contributed by atoms with Crippen molar-refractivity contribution in [2.75, 3.05) is 37.5 Å². The minimum atomic E-state index is 0.587. The Balaban J connectivity index is 1.83. The van der Waals surface area contributed by atoms with E-state index < -0.39 is 0 Å². The number of anilines is 2. The second kappa shape index (κ2) is 6.92. The van der Waals surface area contributed by atoms with Crippen LogP contribution < -0.4 is 15.0 Å². The Morgan fingerprint density at radius 3 is 2.43 bits per heavy atom. The maximum Gasteiger partial charge on any atom is 0.133 e. The van der Waals surface area contributed by atoms with Crippen molar-refractivity contribution in [3.8, 4) is 5.75 Å². The van der Waals surface area contributed by atoms with Crippen molar-refractivity contribution >= 4 is 11.6 Å². The predicted molar refractivity (Wildman–Crippen MR) is 86.3 cm³/mol. The highest BCUT2D eigenvalue weighted by Crippen LogP contribution is 2.16. The number of aryl methyl sites for hydroxylation is 2. The molecule has 0 saturated heterocycles. The minimum Gasteiger partial charge on any atom is -0.492 e. The van der Waals surface area contributed by atoms with Gasteiger partial charge in [0, 0.05) is 20.2 Å². The molecule has 2 aromatic rings. The largest absolute Gasteiger partial charge is 0.492 e. The number of hydrogen-bond donors (Lipinski definition) is 1. The van der Waals surface area contributed by atoms with E-state index in [1.807, 2.05) is 37.2 Å². The van der Waals surface area contributed by atoms with Crippen molar-refractivity contribution in [2.24, 2.45) is 0 Å². The van der Waals surface area contributed by atoms with Crippen molar-refractivity contribution in [2.45, 2.75) is 13.8 Å². The molecule has 1 aromatic carbocycles. The topological polar surface area (TPSA) is 50.3 Å². The SMILES string of the molecule is Cc1cc(C)cc(OCCNc2cc(N(C)C)ncn2)c1. The van der Waals surface area contributed by atoms with Crippen LogP contribution in [0.5, 0.6) is 5.75 Å². The third kappa shape index (κ3) is 4.63. The highest BCUT2D eigenvalue weighted by Gasteiger charge is 2.01. The molecule has 5 heteroatoms. The first kappa shape index (κ1) is 15.1. The second-order valence-corrected chi connectivity index (χ2v) is 5.25. The van der Waals surface area contributed by atoms with E-state index >= 15 is 0 Å². The lowest BCUT2D eigenvalue weighted by molar-refractivity contribution is 0.332. The van der Waals surface area contributed by atoms with E-state index in [0.29, 0.717) is 13.2 Å². The van der Waals surface area contributed by atoms with Gasteiger partial charge in [-0.15, -0.1) is 0 Å². The summed E-state index contributed by atoms with van der Waals surface area (Å²) in [4.78, 5) is 10.3. The number of nitrogens with one attached hydrogen (secondary N) is 1. The molecule has 0 saturated carbocycles. The van der Waals surface area contributed by atoms with Gasteiger partial charge in [0.1, 0.15) is 30.3 Å². The number of hydrogen-bond acceptors (Lipinski definition) is 5. The van der Waals surface area contributed by atoms with E-state index in [1.165, 1.54) is 11.1 Å². The maximum atomic E-state index is 5.75. The fourth-order valence-corrected chi connectivity index (χ4v) is 2.05. The molecule has 0 amide bonds. The summed E-state index contributed by atoms with van der Waals surface area (Å²) >= 11 is 0. The molecular weight excluding hydrogens is 264 g/mol. The number of rotatable bonds is 6. The van der Waals surface area contributed by atoms with Gasteiger partial charge in [-0.05, 0) is 37.1 Å². The zero-order chi connectivity index (χ0) is 15.2. The fraction of sp³-hybridized carbons (Fsp3) is 0.375.